The fraction of sp³-hybridized carbons (Fsp3) is 0.300. The zero-order valence-electron chi connectivity index (χ0n) is 15.4. The van der Waals surface area contributed by atoms with Crippen LogP contribution in [0.1, 0.15) is 28.3 Å². The lowest BCUT2D eigenvalue weighted by atomic mass is 9.99. The molecule has 0 aromatic carbocycles. The largest absolute Gasteiger partial charge is 0.461 e. The van der Waals surface area contributed by atoms with Crippen LogP contribution in [0, 0.1) is 4.77 Å². The first-order valence-corrected chi connectivity index (χ1v) is 11.5. The third kappa shape index (κ3) is 3.00. The van der Waals surface area contributed by atoms with E-state index in [4.69, 9.17) is 21.7 Å². The number of hydrogen-bond donors (Lipinski definition) is 0. The molecule has 1 aliphatic heterocycles. The molecule has 4 aromatic rings. The molecule has 1 aliphatic rings. The fourth-order valence-electron chi connectivity index (χ4n) is 3.88. The second-order valence-corrected chi connectivity index (χ2v) is 9.09. The minimum absolute atomic E-state index is 0.260. The molecular weight excluding hydrogens is 408 g/mol. The molecule has 4 aromatic heterocycles. The van der Waals surface area contributed by atoms with Crippen molar-refractivity contribution >= 4 is 34.9 Å². The van der Waals surface area contributed by atoms with Crippen LogP contribution in [-0.4, -0.2) is 25.8 Å². The molecule has 0 unspecified atom stereocenters. The number of fused-ring (bicyclic) bond motifs is 1. The Bertz CT molecular complexity index is 1120. The Morgan fingerprint density at radius 3 is 2.89 bits per heavy atom. The van der Waals surface area contributed by atoms with Crippen molar-refractivity contribution in [1.29, 1.82) is 0 Å². The van der Waals surface area contributed by atoms with Crippen molar-refractivity contribution in [3.63, 3.8) is 0 Å². The summed E-state index contributed by atoms with van der Waals surface area (Å²) in [5.74, 6) is 1.54. The summed E-state index contributed by atoms with van der Waals surface area (Å²) >= 11 is 9.43. The number of furan rings is 1. The van der Waals surface area contributed by atoms with E-state index < -0.39 is 0 Å². The highest BCUT2D eigenvalue weighted by Crippen LogP contribution is 2.39. The second-order valence-electron chi connectivity index (χ2n) is 6.75. The molecule has 5 rings (SSSR count). The SMILES string of the molecule is CCn1c(-c2ccco2)nn(CN2CCc3sccc3[C@H]2c2cccs2)c1=S. The number of aromatic nitrogens is 3. The topological polar surface area (TPSA) is 39.1 Å². The molecule has 0 N–H and O–H groups in total. The minimum atomic E-state index is 0.260. The molecule has 5 nitrogen and oxygen atoms in total. The summed E-state index contributed by atoms with van der Waals surface area (Å²) in [5.41, 5.74) is 1.42. The van der Waals surface area contributed by atoms with Crippen molar-refractivity contribution in [3.05, 3.63) is 67.4 Å². The highest BCUT2D eigenvalue weighted by molar-refractivity contribution is 7.71. The molecule has 0 aliphatic carbocycles. The molecule has 1 atom stereocenters. The quantitative estimate of drug-likeness (QED) is 0.398. The van der Waals surface area contributed by atoms with E-state index in [1.807, 2.05) is 44.1 Å². The van der Waals surface area contributed by atoms with E-state index in [2.05, 4.69) is 40.8 Å². The van der Waals surface area contributed by atoms with Gasteiger partial charge in [-0.1, -0.05) is 6.07 Å². The predicted molar refractivity (Wildman–Crippen MR) is 115 cm³/mol. The fourth-order valence-corrected chi connectivity index (χ4v) is 5.97. The Kier molecular flexibility index (Phi) is 4.80. The van der Waals surface area contributed by atoms with Crippen LogP contribution in [0.15, 0.2) is 51.8 Å². The van der Waals surface area contributed by atoms with Gasteiger partial charge in [0.05, 0.1) is 19.0 Å². The Morgan fingerprint density at radius 2 is 2.14 bits per heavy atom. The van der Waals surface area contributed by atoms with Gasteiger partial charge in [0.15, 0.2) is 16.4 Å². The summed E-state index contributed by atoms with van der Waals surface area (Å²) in [4.78, 5) is 5.34. The van der Waals surface area contributed by atoms with Crippen LogP contribution in [0.5, 0.6) is 0 Å². The van der Waals surface area contributed by atoms with Gasteiger partial charge in [-0.05, 0) is 66.2 Å². The normalized spacial score (nSPS) is 17.1. The second kappa shape index (κ2) is 7.44. The lowest BCUT2D eigenvalue weighted by molar-refractivity contribution is 0.158. The summed E-state index contributed by atoms with van der Waals surface area (Å²) in [7, 11) is 0. The number of rotatable bonds is 5. The van der Waals surface area contributed by atoms with E-state index in [0.29, 0.717) is 6.67 Å². The summed E-state index contributed by atoms with van der Waals surface area (Å²) in [6.45, 7) is 4.50. The van der Waals surface area contributed by atoms with Crippen molar-refractivity contribution < 1.29 is 4.42 Å². The maximum atomic E-state index is 5.75. The first kappa shape index (κ1) is 18.1. The van der Waals surface area contributed by atoms with Gasteiger partial charge in [-0.2, -0.15) is 0 Å². The first-order chi connectivity index (χ1) is 13.8. The Hall–Kier alpha value is -2.00. The highest BCUT2D eigenvalue weighted by Gasteiger charge is 2.31. The van der Waals surface area contributed by atoms with E-state index in [0.717, 1.165) is 35.9 Å². The zero-order chi connectivity index (χ0) is 19.1. The first-order valence-electron chi connectivity index (χ1n) is 9.31. The highest BCUT2D eigenvalue weighted by atomic mass is 32.1. The van der Waals surface area contributed by atoms with E-state index in [9.17, 15) is 0 Å². The molecule has 0 amide bonds. The monoisotopic (exact) mass is 428 g/mol. The number of hydrogen-bond acceptors (Lipinski definition) is 6. The van der Waals surface area contributed by atoms with Crippen LogP contribution in [0.3, 0.4) is 0 Å². The summed E-state index contributed by atoms with van der Waals surface area (Å²) in [5, 5.41) is 9.19. The molecule has 0 saturated heterocycles. The van der Waals surface area contributed by atoms with Crippen LogP contribution >= 0.6 is 34.9 Å². The van der Waals surface area contributed by atoms with E-state index in [1.165, 1.54) is 15.3 Å². The molecule has 0 radical (unpaired) electrons. The van der Waals surface area contributed by atoms with E-state index >= 15 is 0 Å². The van der Waals surface area contributed by atoms with Gasteiger partial charge in [-0.25, -0.2) is 4.68 Å². The summed E-state index contributed by atoms with van der Waals surface area (Å²) < 4.78 is 10.3. The lowest BCUT2D eigenvalue weighted by Crippen LogP contribution is -2.36. The van der Waals surface area contributed by atoms with Crippen molar-refractivity contribution in [3.8, 4) is 11.6 Å². The van der Waals surface area contributed by atoms with Gasteiger partial charge in [0.1, 0.15) is 0 Å². The van der Waals surface area contributed by atoms with Gasteiger partial charge < -0.3 is 4.42 Å². The third-order valence-corrected chi connectivity index (χ3v) is 7.53. The van der Waals surface area contributed by atoms with Crippen molar-refractivity contribution in [2.24, 2.45) is 0 Å². The summed E-state index contributed by atoms with van der Waals surface area (Å²) in [6.07, 6.45) is 2.74. The van der Waals surface area contributed by atoms with Crippen molar-refractivity contribution in [2.75, 3.05) is 6.54 Å². The predicted octanol–water partition coefficient (Wildman–Crippen LogP) is 5.42. The van der Waals surface area contributed by atoms with Gasteiger partial charge in [-0.15, -0.1) is 27.8 Å². The average Bonchev–Trinajstić information content (AvgIpc) is 3.50. The van der Waals surface area contributed by atoms with Crippen molar-refractivity contribution in [1.82, 2.24) is 19.2 Å². The molecular formula is C20H20N4OS3. The molecule has 0 bridgehead atoms. The van der Waals surface area contributed by atoms with E-state index in [1.54, 1.807) is 6.26 Å². The van der Waals surface area contributed by atoms with Gasteiger partial charge in [0.25, 0.3) is 0 Å². The Morgan fingerprint density at radius 1 is 1.21 bits per heavy atom. The number of thiophene rings is 2. The van der Waals surface area contributed by atoms with Gasteiger partial charge in [-0.3, -0.25) is 9.47 Å². The molecule has 0 fully saturated rings. The zero-order valence-corrected chi connectivity index (χ0v) is 17.9. The van der Waals surface area contributed by atoms with Gasteiger partial charge in [0.2, 0.25) is 0 Å². The van der Waals surface area contributed by atoms with Gasteiger partial charge in [0, 0.05) is 22.8 Å². The minimum Gasteiger partial charge on any atom is -0.461 e. The number of nitrogens with zero attached hydrogens (tertiary/aromatic N) is 4. The van der Waals surface area contributed by atoms with Crippen LogP contribution in [0.4, 0.5) is 0 Å². The Balaban J connectivity index is 1.53. The lowest BCUT2D eigenvalue weighted by Gasteiger charge is -2.35. The Labute approximate surface area is 176 Å². The van der Waals surface area contributed by atoms with Crippen LogP contribution in [0.25, 0.3) is 11.6 Å². The third-order valence-electron chi connectivity index (χ3n) is 5.17. The molecule has 5 heterocycles. The maximum absolute atomic E-state index is 5.75. The van der Waals surface area contributed by atoms with Gasteiger partial charge >= 0.3 is 0 Å². The van der Waals surface area contributed by atoms with Crippen LogP contribution < -0.4 is 0 Å². The maximum Gasteiger partial charge on any atom is 0.199 e. The van der Waals surface area contributed by atoms with Crippen LogP contribution in [0.2, 0.25) is 0 Å². The standard InChI is InChI=1S/C20H20N4OS3/c1-2-23-19(15-5-3-10-25-15)21-24(20(23)26)13-22-9-7-16-14(8-12-28-16)18(22)17-6-4-11-27-17/h3-6,8,10-12,18H,2,7,9,13H2,1H3/t18-/m0/s1. The molecule has 8 heteroatoms. The molecule has 0 spiro atoms. The van der Waals surface area contributed by atoms with Crippen LogP contribution in [-0.2, 0) is 19.6 Å². The van der Waals surface area contributed by atoms with Crippen molar-refractivity contribution in [2.45, 2.75) is 32.6 Å². The summed E-state index contributed by atoms with van der Waals surface area (Å²) in [6, 6.07) is 10.7. The molecule has 28 heavy (non-hydrogen) atoms. The smallest absolute Gasteiger partial charge is 0.199 e. The average molecular weight is 429 g/mol. The van der Waals surface area contributed by atoms with E-state index in [-0.39, 0.29) is 6.04 Å². The molecule has 144 valence electrons. The molecule has 0 saturated carbocycles.